The summed E-state index contributed by atoms with van der Waals surface area (Å²) in [5.41, 5.74) is 0.662. The lowest BCUT2D eigenvalue weighted by molar-refractivity contribution is 0.376. The molecule has 0 saturated carbocycles. The Hall–Kier alpha value is -0.610. The van der Waals surface area contributed by atoms with E-state index < -0.39 is 5.82 Å². The molecule has 0 bridgehead atoms. The van der Waals surface area contributed by atoms with Crippen LogP contribution in [-0.4, -0.2) is 11.7 Å². The number of rotatable bonds is 1. The number of nitrogens with one attached hydrogen (secondary N) is 1. The van der Waals surface area contributed by atoms with E-state index >= 15 is 0 Å². The van der Waals surface area contributed by atoms with E-state index in [0.29, 0.717) is 10.0 Å². The minimum atomic E-state index is -0.570. The standard InChI is InChI=1S/C11H13BrFNO/c12-8-5-4-7(11(15)10(8)13)9-3-1-2-6-14-9/h4-5,9,14-15H,1-3,6H2/t9-/m0/s1. The molecular weight excluding hydrogens is 261 g/mol. The molecule has 15 heavy (non-hydrogen) atoms. The molecule has 0 spiro atoms. The van der Waals surface area contributed by atoms with E-state index in [2.05, 4.69) is 21.2 Å². The fraction of sp³-hybridized carbons (Fsp3) is 0.455. The Labute approximate surface area is 96.6 Å². The van der Waals surface area contributed by atoms with Crippen LogP contribution < -0.4 is 5.32 Å². The molecule has 1 atom stereocenters. The van der Waals surface area contributed by atoms with Gasteiger partial charge in [0.2, 0.25) is 0 Å². The van der Waals surface area contributed by atoms with Crippen LogP contribution in [0.5, 0.6) is 5.75 Å². The van der Waals surface area contributed by atoms with E-state index in [9.17, 15) is 9.50 Å². The maximum absolute atomic E-state index is 13.4. The Morgan fingerprint density at radius 3 is 2.87 bits per heavy atom. The summed E-state index contributed by atoms with van der Waals surface area (Å²) in [6, 6.07) is 3.49. The van der Waals surface area contributed by atoms with Crippen molar-refractivity contribution in [3.63, 3.8) is 0 Å². The van der Waals surface area contributed by atoms with Crippen LogP contribution in [0.2, 0.25) is 0 Å². The van der Waals surface area contributed by atoms with Crippen LogP contribution >= 0.6 is 15.9 Å². The van der Waals surface area contributed by atoms with E-state index in [1.165, 1.54) is 0 Å². The summed E-state index contributed by atoms with van der Waals surface area (Å²) < 4.78 is 13.7. The second-order valence-electron chi connectivity index (χ2n) is 3.80. The predicted octanol–water partition coefficient (Wildman–Crippen LogP) is 3.11. The quantitative estimate of drug-likeness (QED) is 0.824. The van der Waals surface area contributed by atoms with Crippen LogP contribution in [0.4, 0.5) is 4.39 Å². The van der Waals surface area contributed by atoms with Crippen molar-refractivity contribution in [3.05, 3.63) is 28.0 Å². The molecule has 1 aliphatic heterocycles. The molecule has 2 nitrogen and oxygen atoms in total. The Bertz CT molecular complexity index is 364. The van der Waals surface area contributed by atoms with Crippen molar-refractivity contribution in [1.82, 2.24) is 5.32 Å². The zero-order chi connectivity index (χ0) is 10.8. The summed E-state index contributed by atoms with van der Waals surface area (Å²) >= 11 is 3.05. The third-order valence-electron chi connectivity index (χ3n) is 2.79. The molecule has 1 aliphatic rings. The van der Waals surface area contributed by atoms with Crippen molar-refractivity contribution in [1.29, 1.82) is 0 Å². The molecule has 0 radical (unpaired) electrons. The van der Waals surface area contributed by atoms with Gasteiger partial charge in [-0.3, -0.25) is 0 Å². The average Bonchev–Trinajstić information content (AvgIpc) is 2.27. The highest BCUT2D eigenvalue weighted by molar-refractivity contribution is 9.10. The molecule has 1 fully saturated rings. The molecule has 0 aliphatic carbocycles. The summed E-state index contributed by atoms with van der Waals surface area (Å²) in [4.78, 5) is 0. The number of piperidine rings is 1. The fourth-order valence-corrected chi connectivity index (χ4v) is 2.27. The van der Waals surface area contributed by atoms with Crippen LogP contribution in [-0.2, 0) is 0 Å². The zero-order valence-electron chi connectivity index (χ0n) is 8.26. The van der Waals surface area contributed by atoms with Crippen molar-refractivity contribution in [3.8, 4) is 5.75 Å². The minimum Gasteiger partial charge on any atom is -0.505 e. The molecule has 1 aromatic rings. The summed E-state index contributed by atoms with van der Waals surface area (Å²) in [5, 5.41) is 13.0. The largest absolute Gasteiger partial charge is 0.505 e. The molecule has 82 valence electrons. The Balaban J connectivity index is 2.31. The molecule has 0 unspecified atom stereocenters. The number of aromatic hydroxyl groups is 1. The highest BCUT2D eigenvalue weighted by Crippen LogP contribution is 2.34. The van der Waals surface area contributed by atoms with Gasteiger partial charge < -0.3 is 10.4 Å². The van der Waals surface area contributed by atoms with Crippen molar-refractivity contribution < 1.29 is 9.50 Å². The predicted molar refractivity (Wildman–Crippen MR) is 60.4 cm³/mol. The maximum Gasteiger partial charge on any atom is 0.179 e. The smallest absolute Gasteiger partial charge is 0.179 e. The van der Waals surface area contributed by atoms with Gasteiger partial charge in [0, 0.05) is 11.6 Å². The van der Waals surface area contributed by atoms with Gasteiger partial charge in [-0.2, -0.15) is 0 Å². The van der Waals surface area contributed by atoms with Gasteiger partial charge in [-0.15, -0.1) is 0 Å². The summed E-state index contributed by atoms with van der Waals surface area (Å²) in [6.45, 7) is 0.932. The highest BCUT2D eigenvalue weighted by atomic mass is 79.9. The summed E-state index contributed by atoms with van der Waals surface area (Å²) in [7, 11) is 0. The van der Waals surface area contributed by atoms with Crippen molar-refractivity contribution in [2.24, 2.45) is 0 Å². The first kappa shape index (κ1) is 10.9. The number of phenolic OH excluding ortho intramolecular Hbond substituents is 1. The molecule has 1 heterocycles. The fourth-order valence-electron chi connectivity index (χ4n) is 1.95. The van der Waals surface area contributed by atoms with E-state index in [1.807, 2.05) is 0 Å². The molecule has 0 amide bonds. The van der Waals surface area contributed by atoms with Gasteiger partial charge in [0.25, 0.3) is 0 Å². The van der Waals surface area contributed by atoms with Crippen LogP contribution in [0, 0.1) is 5.82 Å². The van der Waals surface area contributed by atoms with E-state index in [0.717, 1.165) is 25.8 Å². The monoisotopic (exact) mass is 273 g/mol. The molecule has 1 aromatic carbocycles. The molecule has 4 heteroatoms. The van der Waals surface area contributed by atoms with Gasteiger partial charge in [-0.1, -0.05) is 12.5 Å². The van der Waals surface area contributed by atoms with Crippen LogP contribution in [0.15, 0.2) is 16.6 Å². The highest BCUT2D eigenvalue weighted by Gasteiger charge is 2.20. The number of hydrogen-bond donors (Lipinski definition) is 2. The van der Waals surface area contributed by atoms with Gasteiger partial charge in [0.15, 0.2) is 11.6 Å². The Kier molecular flexibility index (Phi) is 3.26. The van der Waals surface area contributed by atoms with Gasteiger partial charge in [-0.05, 0) is 41.4 Å². The third-order valence-corrected chi connectivity index (χ3v) is 3.40. The van der Waals surface area contributed by atoms with Crippen LogP contribution in [0.3, 0.4) is 0 Å². The van der Waals surface area contributed by atoms with Crippen LogP contribution in [0.1, 0.15) is 30.9 Å². The van der Waals surface area contributed by atoms with Crippen LogP contribution in [0.25, 0.3) is 0 Å². The Morgan fingerprint density at radius 1 is 1.40 bits per heavy atom. The van der Waals surface area contributed by atoms with Gasteiger partial charge in [-0.25, -0.2) is 4.39 Å². The first-order chi connectivity index (χ1) is 7.20. The van der Waals surface area contributed by atoms with Gasteiger partial charge in [0.1, 0.15) is 0 Å². The first-order valence-corrected chi connectivity index (χ1v) is 5.89. The summed E-state index contributed by atoms with van der Waals surface area (Å²) in [5.74, 6) is -0.802. The number of phenols is 1. The SMILES string of the molecule is Oc1c([C@@H]2CCCCN2)ccc(Br)c1F. The zero-order valence-corrected chi connectivity index (χ0v) is 9.85. The maximum atomic E-state index is 13.4. The first-order valence-electron chi connectivity index (χ1n) is 5.10. The Morgan fingerprint density at radius 2 is 2.20 bits per heavy atom. The van der Waals surface area contributed by atoms with Crippen molar-refractivity contribution in [2.75, 3.05) is 6.54 Å². The second kappa shape index (κ2) is 4.49. The number of benzene rings is 1. The van der Waals surface area contributed by atoms with Gasteiger partial charge >= 0.3 is 0 Å². The lowest BCUT2D eigenvalue weighted by atomic mass is 9.97. The molecule has 0 aromatic heterocycles. The van der Waals surface area contributed by atoms with E-state index in [4.69, 9.17) is 0 Å². The molecule has 2 N–H and O–H groups in total. The van der Waals surface area contributed by atoms with Crippen molar-refractivity contribution in [2.45, 2.75) is 25.3 Å². The van der Waals surface area contributed by atoms with E-state index in [1.54, 1.807) is 12.1 Å². The molecular formula is C11H13BrFNO. The number of hydrogen-bond acceptors (Lipinski definition) is 2. The van der Waals surface area contributed by atoms with Gasteiger partial charge in [0.05, 0.1) is 4.47 Å². The third kappa shape index (κ3) is 2.16. The average molecular weight is 274 g/mol. The molecule has 2 rings (SSSR count). The minimum absolute atomic E-state index is 0.0846. The molecule has 1 saturated heterocycles. The number of halogens is 2. The lowest BCUT2D eigenvalue weighted by Gasteiger charge is -2.24. The van der Waals surface area contributed by atoms with Crippen molar-refractivity contribution >= 4 is 15.9 Å². The van der Waals surface area contributed by atoms with E-state index in [-0.39, 0.29) is 11.8 Å². The lowest BCUT2D eigenvalue weighted by Crippen LogP contribution is -2.26. The second-order valence-corrected chi connectivity index (χ2v) is 4.66. The normalized spacial score (nSPS) is 21.6. The topological polar surface area (TPSA) is 32.3 Å². The summed E-state index contributed by atoms with van der Waals surface area (Å²) in [6.07, 6.45) is 3.22.